The number of aromatic nitrogens is 1. The van der Waals surface area contributed by atoms with Crippen LogP contribution in [0.25, 0.3) is 0 Å². The van der Waals surface area contributed by atoms with Gasteiger partial charge in [0.1, 0.15) is 11.6 Å². The van der Waals surface area contributed by atoms with Gasteiger partial charge in [-0.1, -0.05) is 6.07 Å². The minimum absolute atomic E-state index is 0.0414. The highest BCUT2D eigenvalue weighted by atomic mass is 16.2. The number of hydrogen-bond donors (Lipinski definition) is 2. The Kier molecular flexibility index (Phi) is 4.71. The molecule has 1 rings (SSSR count). The molecule has 0 aliphatic heterocycles. The summed E-state index contributed by atoms with van der Waals surface area (Å²) in [4.78, 5) is 19.4. The summed E-state index contributed by atoms with van der Waals surface area (Å²) in [5.41, 5.74) is 2.49. The number of nitrogens with one attached hydrogen (secondary N) is 1. The fourth-order valence-electron chi connectivity index (χ4n) is 1.34. The van der Waals surface area contributed by atoms with Crippen molar-refractivity contribution in [3.63, 3.8) is 0 Å². The van der Waals surface area contributed by atoms with Gasteiger partial charge >= 0.3 is 0 Å². The Bertz CT molecular complexity index is 380. The molecule has 6 nitrogen and oxygen atoms in total. The average molecular weight is 237 g/mol. The van der Waals surface area contributed by atoms with E-state index in [-0.39, 0.29) is 5.91 Å². The molecule has 17 heavy (non-hydrogen) atoms. The van der Waals surface area contributed by atoms with E-state index in [1.807, 2.05) is 24.0 Å². The van der Waals surface area contributed by atoms with Crippen molar-refractivity contribution in [2.45, 2.75) is 6.92 Å². The second kappa shape index (κ2) is 6.05. The molecule has 1 aromatic rings. The van der Waals surface area contributed by atoms with Gasteiger partial charge in [-0.2, -0.15) is 0 Å². The molecule has 1 amide bonds. The number of hydrogen-bond acceptors (Lipinski definition) is 5. The average Bonchev–Trinajstić information content (AvgIpc) is 2.35. The van der Waals surface area contributed by atoms with E-state index in [1.54, 1.807) is 25.1 Å². The van der Waals surface area contributed by atoms with Crippen molar-refractivity contribution in [3.8, 4) is 0 Å². The zero-order chi connectivity index (χ0) is 12.8. The van der Waals surface area contributed by atoms with E-state index < -0.39 is 0 Å². The van der Waals surface area contributed by atoms with E-state index >= 15 is 0 Å². The number of carbonyl (C=O) groups excluding carboxylic acids is 1. The zero-order valence-corrected chi connectivity index (χ0v) is 10.5. The van der Waals surface area contributed by atoms with Crippen molar-refractivity contribution in [3.05, 3.63) is 18.2 Å². The van der Waals surface area contributed by atoms with Gasteiger partial charge in [0.2, 0.25) is 5.91 Å². The van der Waals surface area contributed by atoms with Crippen LogP contribution >= 0.6 is 0 Å². The summed E-state index contributed by atoms with van der Waals surface area (Å²) in [6, 6.07) is 5.47. The summed E-state index contributed by atoms with van der Waals surface area (Å²) in [6.45, 7) is 3.00. The molecule has 0 aliphatic carbocycles. The van der Waals surface area contributed by atoms with Gasteiger partial charge in [-0.3, -0.25) is 4.79 Å². The topological polar surface area (TPSA) is 74.5 Å². The molecular weight excluding hydrogens is 218 g/mol. The van der Waals surface area contributed by atoms with Crippen LogP contribution in [0.2, 0.25) is 0 Å². The number of nitrogen functional groups attached to an aromatic ring is 1. The predicted octanol–water partition coefficient (Wildman–Crippen LogP) is 0.282. The monoisotopic (exact) mass is 237 g/mol. The maximum atomic E-state index is 11.7. The van der Waals surface area contributed by atoms with Gasteiger partial charge in [0, 0.05) is 20.6 Å². The summed E-state index contributed by atoms with van der Waals surface area (Å²) >= 11 is 0. The maximum absolute atomic E-state index is 11.7. The Labute approximate surface area is 101 Å². The van der Waals surface area contributed by atoms with Crippen LogP contribution in [0.5, 0.6) is 0 Å². The Hall–Kier alpha value is -1.82. The van der Waals surface area contributed by atoms with E-state index in [1.165, 1.54) is 0 Å². The van der Waals surface area contributed by atoms with E-state index in [0.29, 0.717) is 18.9 Å². The number of pyridine rings is 1. The molecule has 0 aromatic carbocycles. The standard InChI is InChI=1S/C11H19N5O/c1-4-16(8-11(17)15(2)3)10-7-5-6-9(13-10)14-12/h5-7H,4,8,12H2,1-3H3,(H,13,14). The summed E-state index contributed by atoms with van der Waals surface area (Å²) in [7, 11) is 3.48. The van der Waals surface area contributed by atoms with Gasteiger partial charge in [-0.05, 0) is 19.1 Å². The number of rotatable bonds is 5. The van der Waals surface area contributed by atoms with Crippen molar-refractivity contribution < 1.29 is 4.79 Å². The molecular formula is C11H19N5O. The molecule has 0 atom stereocenters. The first-order chi connectivity index (χ1) is 8.08. The van der Waals surface area contributed by atoms with Crippen molar-refractivity contribution >= 4 is 17.5 Å². The van der Waals surface area contributed by atoms with Crippen molar-refractivity contribution in [1.82, 2.24) is 9.88 Å². The molecule has 1 aromatic heterocycles. The van der Waals surface area contributed by atoms with E-state index in [0.717, 1.165) is 5.82 Å². The van der Waals surface area contributed by atoms with Crippen LogP contribution in [0.4, 0.5) is 11.6 Å². The lowest BCUT2D eigenvalue weighted by Gasteiger charge is -2.23. The first-order valence-corrected chi connectivity index (χ1v) is 5.47. The Morgan fingerprint density at radius 3 is 2.71 bits per heavy atom. The zero-order valence-electron chi connectivity index (χ0n) is 10.5. The molecule has 3 N–H and O–H groups in total. The third-order valence-electron chi connectivity index (χ3n) is 2.41. The second-order valence-electron chi connectivity index (χ2n) is 3.83. The summed E-state index contributed by atoms with van der Waals surface area (Å²) in [5.74, 6) is 6.66. The van der Waals surface area contributed by atoms with Gasteiger partial charge in [-0.25, -0.2) is 10.8 Å². The number of carbonyl (C=O) groups is 1. The molecule has 0 unspecified atom stereocenters. The number of anilines is 2. The normalized spacial score (nSPS) is 9.88. The maximum Gasteiger partial charge on any atom is 0.241 e. The fraction of sp³-hybridized carbons (Fsp3) is 0.455. The van der Waals surface area contributed by atoms with Crippen molar-refractivity contribution in [1.29, 1.82) is 0 Å². The third-order valence-corrected chi connectivity index (χ3v) is 2.41. The van der Waals surface area contributed by atoms with Crippen LogP contribution in [0.1, 0.15) is 6.92 Å². The molecule has 6 heteroatoms. The van der Waals surface area contributed by atoms with E-state index in [9.17, 15) is 4.79 Å². The SMILES string of the molecule is CCN(CC(=O)N(C)C)c1cccc(NN)n1. The predicted molar refractivity (Wildman–Crippen MR) is 68.6 cm³/mol. The van der Waals surface area contributed by atoms with Gasteiger partial charge in [0.15, 0.2) is 0 Å². The molecule has 1 heterocycles. The second-order valence-corrected chi connectivity index (χ2v) is 3.83. The lowest BCUT2D eigenvalue weighted by molar-refractivity contribution is -0.127. The number of nitrogens with zero attached hydrogens (tertiary/aromatic N) is 3. The van der Waals surface area contributed by atoms with Crippen LogP contribution in [-0.4, -0.2) is 43.0 Å². The Morgan fingerprint density at radius 1 is 1.47 bits per heavy atom. The molecule has 94 valence electrons. The van der Waals surface area contributed by atoms with Crippen molar-refractivity contribution in [2.75, 3.05) is 37.5 Å². The van der Waals surface area contributed by atoms with Gasteiger partial charge in [0.05, 0.1) is 6.54 Å². The molecule has 0 spiro atoms. The molecule has 0 saturated carbocycles. The van der Waals surface area contributed by atoms with E-state index in [2.05, 4.69) is 10.4 Å². The minimum atomic E-state index is 0.0414. The first kappa shape index (κ1) is 13.2. The van der Waals surface area contributed by atoms with Crippen molar-refractivity contribution in [2.24, 2.45) is 5.84 Å². The highest BCUT2D eigenvalue weighted by Crippen LogP contribution is 2.13. The minimum Gasteiger partial charge on any atom is -0.348 e. The number of hydrazine groups is 1. The third kappa shape index (κ3) is 3.60. The summed E-state index contributed by atoms with van der Waals surface area (Å²) in [5, 5.41) is 0. The Morgan fingerprint density at radius 2 is 2.18 bits per heavy atom. The van der Waals surface area contributed by atoms with Crippen LogP contribution in [0.3, 0.4) is 0 Å². The van der Waals surface area contributed by atoms with Crippen LogP contribution in [-0.2, 0) is 4.79 Å². The summed E-state index contributed by atoms with van der Waals surface area (Å²) < 4.78 is 0. The number of likely N-dealkylation sites (N-methyl/N-ethyl adjacent to an activating group) is 2. The molecule has 0 saturated heterocycles. The molecule has 0 radical (unpaired) electrons. The van der Waals surface area contributed by atoms with Crippen LogP contribution in [0, 0.1) is 0 Å². The highest BCUT2D eigenvalue weighted by Gasteiger charge is 2.12. The molecule has 0 bridgehead atoms. The molecule has 0 aliphatic rings. The first-order valence-electron chi connectivity index (χ1n) is 5.47. The van der Waals surface area contributed by atoms with Gasteiger partial charge in [-0.15, -0.1) is 0 Å². The lowest BCUT2D eigenvalue weighted by Crippen LogP contribution is -2.37. The lowest BCUT2D eigenvalue weighted by atomic mass is 10.3. The van der Waals surface area contributed by atoms with Gasteiger partial charge in [0.25, 0.3) is 0 Å². The molecule has 0 fully saturated rings. The summed E-state index contributed by atoms with van der Waals surface area (Å²) in [6.07, 6.45) is 0. The highest BCUT2D eigenvalue weighted by molar-refractivity contribution is 5.80. The Balaban J connectivity index is 2.82. The van der Waals surface area contributed by atoms with E-state index in [4.69, 9.17) is 5.84 Å². The number of nitrogens with two attached hydrogens (primary N) is 1. The fourth-order valence-corrected chi connectivity index (χ4v) is 1.34. The van der Waals surface area contributed by atoms with Gasteiger partial charge < -0.3 is 15.2 Å². The van der Waals surface area contributed by atoms with Crippen LogP contribution < -0.4 is 16.2 Å². The quantitative estimate of drug-likeness (QED) is 0.568. The largest absolute Gasteiger partial charge is 0.348 e. The smallest absolute Gasteiger partial charge is 0.241 e. The number of amides is 1. The van der Waals surface area contributed by atoms with Crippen LogP contribution in [0.15, 0.2) is 18.2 Å².